The van der Waals surface area contributed by atoms with Gasteiger partial charge in [0.2, 0.25) is 0 Å². The van der Waals surface area contributed by atoms with Gasteiger partial charge < -0.3 is 5.32 Å². The highest BCUT2D eigenvalue weighted by atomic mass is 35.5. The van der Waals surface area contributed by atoms with Gasteiger partial charge in [0.1, 0.15) is 5.82 Å². The molecule has 0 aliphatic rings. The number of halogens is 2. The van der Waals surface area contributed by atoms with Crippen molar-refractivity contribution in [2.24, 2.45) is 0 Å². The smallest absolute Gasteiger partial charge is 0.302 e. The second kappa shape index (κ2) is 6.70. The van der Waals surface area contributed by atoms with E-state index >= 15 is 0 Å². The lowest BCUT2D eigenvalue weighted by Crippen LogP contribution is -2.29. The SMILES string of the molecule is CN(C)S(=O)(=O)Nc1ccc(Nc2cc(Cl)ccc2Cl)cn1. The zero-order chi connectivity index (χ0) is 16.3. The minimum absolute atomic E-state index is 0.219. The Balaban J connectivity index is 2.14. The molecule has 0 bridgehead atoms. The number of rotatable bonds is 5. The molecule has 0 saturated carbocycles. The van der Waals surface area contributed by atoms with Gasteiger partial charge in [0.05, 0.1) is 22.6 Å². The quantitative estimate of drug-likeness (QED) is 0.857. The topological polar surface area (TPSA) is 74.3 Å². The second-order valence-corrected chi connectivity index (χ2v) is 7.30. The maximum Gasteiger partial charge on any atom is 0.302 e. The van der Waals surface area contributed by atoms with E-state index in [1.54, 1.807) is 30.3 Å². The fourth-order valence-electron chi connectivity index (χ4n) is 1.50. The van der Waals surface area contributed by atoms with Crippen LogP contribution in [0.4, 0.5) is 17.2 Å². The monoisotopic (exact) mass is 360 g/mol. The third kappa shape index (κ3) is 4.23. The Morgan fingerprint density at radius 2 is 1.86 bits per heavy atom. The summed E-state index contributed by atoms with van der Waals surface area (Å²) in [6.07, 6.45) is 1.49. The van der Waals surface area contributed by atoms with E-state index in [9.17, 15) is 8.42 Å². The summed E-state index contributed by atoms with van der Waals surface area (Å²) in [7, 11) is -0.714. The van der Waals surface area contributed by atoms with Gasteiger partial charge in [0, 0.05) is 19.1 Å². The number of hydrogen-bond donors (Lipinski definition) is 2. The highest BCUT2D eigenvalue weighted by Gasteiger charge is 2.13. The summed E-state index contributed by atoms with van der Waals surface area (Å²) < 4.78 is 26.8. The number of hydrogen-bond acceptors (Lipinski definition) is 4. The van der Waals surface area contributed by atoms with Gasteiger partial charge in [-0.3, -0.25) is 4.72 Å². The van der Waals surface area contributed by atoms with Gasteiger partial charge in [-0.1, -0.05) is 23.2 Å². The van der Waals surface area contributed by atoms with Gasteiger partial charge in [0.25, 0.3) is 0 Å². The van der Waals surface area contributed by atoms with Crippen molar-refractivity contribution in [3.8, 4) is 0 Å². The third-order valence-electron chi connectivity index (χ3n) is 2.69. The Kier molecular flexibility index (Phi) is 5.12. The van der Waals surface area contributed by atoms with Gasteiger partial charge >= 0.3 is 10.2 Å². The molecule has 2 aromatic rings. The molecule has 22 heavy (non-hydrogen) atoms. The van der Waals surface area contributed by atoms with E-state index in [1.165, 1.54) is 20.3 Å². The van der Waals surface area contributed by atoms with Crippen molar-refractivity contribution < 1.29 is 8.42 Å². The highest BCUT2D eigenvalue weighted by Crippen LogP contribution is 2.28. The molecule has 118 valence electrons. The van der Waals surface area contributed by atoms with E-state index in [2.05, 4.69) is 15.0 Å². The lowest BCUT2D eigenvalue weighted by atomic mass is 10.3. The van der Waals surface area contributed by atoms with E-state index < -0.39 is 10.2 Å². The molecule has 2 rings (SSSR count). The minimum Gasteiger partial charge on any atom is -0.353 e. The molecule has 6 nitrogen and oxygen atoms in total. The van der Waals surface area contributed by atoms with Gasteiger partial charge in [-0.25, -0.2) is 4.98 Å². The average Bonchev–Trinajstić information content (AvgIpc) is 2.44. The highest BCUT2D eigenvalue weighted by molar-refractivity contribution is 7.90. The first-order chi connectivity index (χ1) is 10.3. The Labute approximate surface area is 139 Å². The second-order valence-electron chi connectivity index (χ2n) is 4.57. The largest absolute Gasteiger partial charge is 0.353 e. The van der Waals surface area contributed by atoms with Crippen LogP contribution in [0.15, 0.2) is 36.5 Å². The molecule has 1 aromatic carbocycles. The molecule has 0 saturated heterocycles. The summed E-state index contributed by atoms with van der Waals surface area (Å²) in [6, 6.07) is 8.28. The first kappa shape index (κ1) is 16.8. The Morgan fingerprint density at radius 1 is 1.14 bits per heavy atom. The van der Waals surface area contributed by atoms with Gasteiger partial charge in [-0.05, 0) is 30.3 Å². The van der Waals surface area contributed by atoms with Crippen LogP contribution in [0.5, 0.6) is 0 Å². The molecule has 0 fully saturated rings. The standard InChI is InChI=1S/C13H14Cl2N4O2S/c1-19(2)22(20,21)18-13-6-4-10(8-16-13)17-12-7-9(14)3-5-11(12)15/h3-8,17H,1-2H3,(H,16,18). The van der Waals surface area contributed by atoms with Crippen LogP contribution < -0.4 is 10.0 Å². The van der Waals surface area contributed by atoms with E-state index in [-0.39, 0.29) is 5.82 Å². The zero-order valence-electron chi connectivity index (χ0n) is 11.8. The molecule has 0 aliphatic carbocycles. The zero-order valence-corrected chi connectivity index (χ0v) is 14.2. The van der Waals surface area contributed by atoms with Crippen molar-refractivity contribution in [1.82, 2.24) is 9.29 Å². The first-order valence-corrected chi connectivity index (χ1v) is 8.36. The maximum absolute atomic E-state index is 11.7. The van der Waals surface area contributed by atoms with Crippen molar-refractivity contribution in [3.63, 3.8) is 0 Å². The number of anilines is 3. The number of nitrogens with zero attached hydrogens (tertiary/aromatic N) is 2. The predicted molar refractivity (Wildman–Crippen MR) is 90.2 cm³/mol. The van der Waals surface area contributed by atoms with Crippen LogP contribution in [0.25, 0.3) is 0 Å². The summed E-state index contributed by atoms with van der Waals surface area (Å²) in [5.41, 5.74) is 1.29. The Hall–Kier alpha value is -1.54. The molecule has 1 aromatic heterocycles. The summed E-state index contributed by atoms with van der Waals surface area (Å²) in [5.74, 6) is 0.219. The maximum atomic E-state index is 11.7. The van der Waals surface area contributed by atoms with Crippen molar-refractivity contribution in [1.29, 1.82) is 0 Å². The number of benzene rings is 1. The van der Waals surface area contributed by atoms with Gasteiger partial charge in [-0.15, -0.1) is 0 Å². The number of nitrogens with one attached hydrogen (secondary N) is 2. The van der Waals surface area contributed by atoms with Crippen molar-refractivity contribution in [3.05, 3.63) is 46.6 Å². The van der Waals surface area contributed by atoms with E-state index in [4.69, 9.17) is 23.2 Å². The van der Waals surface area contributed by atoms with E-state index in [1.807, 2.05) is 0 Å². The lowest BCUT2D eigenvalue weighted by Gasteiger charge is -2.13. The fourth-order valence-corrected chi connectivity index (χ4v) is 2.40. The summed E-state index contributed by atoms with van der Waals surface area (Å²) in [5, 5.41) is 4.13. The van der Waals surface area contributed by atoms with E-state index in [0.717, 1.165) is 4.31 Å². The molecule has 0 atom stereocenters. The average molecular weight is 361 g/mol. The molecule has 0 unspecified atom stereocenters. The molecule has 2 N–H and O–H groups in total. The fraction of sp³-hybridized carbons (Fsp3) is 0.154. The summed E-state index contributed by atoms with van der Waals surface area (Å²) in [6.45, 7) is 0. The molecule has 9 heteroatoms. The van der Waals surface area contributed by atoms with Crippen LogP contribution in [0.1, 0.15) is 0 Å². The Bertz CT molecular complexity index is 764. The number of aromatic nitrogens is 1. The molecule has 0 spiro atoms. The molecule has 0 radical (unpaired) electrons. The van der Waals surface area contributed by atoms with Gasteiger partial charge in [-0.2, -0.15) is 12.7 Å². The van der Waals surface area contributed by atoms with Crippen LogP contribution >= 0.6 is 23.2 Å². The van der Waals surface area contributed by atoms with Crippen molar-refractivity contribution in [2.75, 3.05) is 24.1 Å². The van der Waals surface area contributed by atoms with Crippen LogP contribution in [0, 0.1) is 0 Å². The molecule has 1 heterocycles. The van der Waals surface area contributed by atoms with Crippen LogP contribution in [-0.2, 0) is 10.2 Å². The van der Waals surface area contributed by atoms with Crippen LogP contribution in [-0.4, -0.2) is 31.8 Å². The van der Waals surface area contributed by atoms with Crippen LogP contribution in [0.2, 0.25) is 10.0 Å². The summed E-state index contributed by atoms with van der Waals surface area (Å²) in [4.78, 5) is 4.04. The predicted octanol–water partition coefficient (Wildman–Crippen LogP) is 3.35. The Morgan fingerprint density at radius 3 is 2.45 bits per heavy atom. The van der Waals surface area contributed by atoms with E-state index in [0.29, 0.717) is 21.4 Å². The molecular weight excluding hydrogens is 347 g/mol. The summed E-state index contributed by atoms with van der Waals surface area (Å²) >= 11 is 12.0. The number of pyridine rings is 1. The van der Waals surface area contributed by atoms with Crippen molar-refractivity contribution in [2.45, 2.75) is 0 Å². The van der Waals surface area contributed by atoms with Crippen molar-refractivity contribution >= 4 is 50.6 Å². The molecular formula is C13H14Cl2N4O2S. The third-order valence-corrected chi connectivity index (χ3v) is 4.68. The van der Waals surface area contributed by atoms with Gasteiger partial charge in [0.15, 0.2) is 0 Å². The lowest BCUT2D eigenvalue weighted by molar-refractivity contribution is 0.526. The van der Waals surface area contributed by atoms with Crippen LogP contribution in [0.3, 0.4) is 0 Å². The molecule has 0 amide bonds. The first-order valence-electron chi connectivity index (χ1n) is 6.16. The normalized spacial score (nSPS) is 11.5. The molecule has 0 aliphatic heterocycles. The minimum atomic E-state index is -3.57.